The van der Waals surface area contributed by atoms with Crippen molar-refractivity contribution in [3.8, 4) is 5.75 Å². The van der Waals surface area contributed by atoms with Gasteiger partial charge in [0.2, 0.25) is 0 Å². The second-order valence-corrected chi connectivity index (χ2v) is 7.80. The van der Waals surface area contributed by atoms with Crippen LogP contribution in [0.2, 0.25) is 0 Å². The van der Waals surface area contributed by atoms with E-state index in [4.69, 9.17) is 4.74 Å². The molecule has 0 unspecified atom stereocenters. The van der Waals surface area contributed by atoms with Gasteiger partial charge in [-0.05, 0) is 47.5 Å². The van der Waals surface area contributed by atoms with Gasteiger partial charge in [-0.15, -0.1) is 11.3 Å². The van der Waals surface area contributed by atoms with Gasteiger partial charge in [0, 0.05) is 23.1 Å². The summed E-state index contributed by atoms with van der Waals surface area (Å²) in [6.07, 6.45) is 2.37. The monoisotopic (exact) mass is 418 g/mol. The Balaban J connectivity index is 1.32. The molecule has 1 amide bonds. The van der Waals surface area contributed by atoms with Crippen molar-refractivity contribution in [3.63, 3.8) is 0 Å². The van der Waals surface area contributed by atoms with E-state index in [0.29, 0.717) is 29.5 Å². The maximum Gasteiger partial charge on any atom is 0.257 e. The molecule has 0 fully saturated rings. The smallest absolute Gasteiger partial charge is 0.257 e. The fraction of sp³-hybridized carbons (Fsp3) is 0.0833. The summed E-state index contributed by atoms with van der Waals surface area (Å²) in [4.78, 5) is 17.7. The van der Waals surface area contributed by atoms with Gasteiger partial charge in [-0.2, -0.15) is 0 Å². The summed E-state index contributed by atoms with van der Waals surface area (Å²) < 4.78 is 18.8. The van der Waals surface area contributed by atoms with Gasteiger partial charge in [0.25, 0.3) is 5.91 Å². The molecule has 0 spiro atoms. The van der Waals surface area contributed by atoms with E-state index in [1.807, 2.05) is 30.3 Å². The molecule has 0 bridgehead atoms. The van der Waals surface area contributed by atoms with Crippen LogP contribution in [-0.4, -0.2) is 10.9 Å². The number of rotatable bonds is 7. The Morgan fingerprint density at radius 2 is 1.67 bits per heavy atom. The van der Waals surface area contributed by atoms with Crippen LogP contribution in [0.1, 0.15) is 26.4 Å². The zero-order valence-electron chi connectivity index (χ0n) is 16.0. The number of amides is 1. The number of nitrogens with one attached hydrogen (secondary N) is 1. The highest BCUT2D eigenvalue weighted by atomic mass is 32.1. The van der Waals surface area contributed by atoms with Crippen molar-refractivity contribution >= 4 is 22.4 Å². The summed E-state index contributed by atoms with van der Waals surface area (Å²) in [6.45, 7) is 0.475. The summed E-state index contributed by atoms with van der Waals surface area (Å²) in [6, 6.07) is 23.3. The minimum Gasteiger partial charge on any atom is -0.489 e. The van der Waals surface area contributed by atoms with E-state index in [0.717, 1.165) is 16.0 Å². The SMILES string of the molecule is O=C(Nc1ncc(Cc2ccc(F)cc2)s1)c1ccc(OCc2ccccc2)cc1. The molecule has 6 heteroatoms. The van der Waals surface area contributed by atoms with Crippen LogP contribution in [0, 0.1) is 5.82 Å². The fourth-order valence-electron chi connectivity index (χ4n) is 2.86. The maximum atomic E-state index is 13.0. The first-order valence-corrected chi connectivity index (χ1v) is 10.2. The van der Waals surface area contributed by atoms with Crippen LogP contribution in [-0.2, 0) is 13.0 Å². The average molecular weight is 418 g/mol. The second-order valence-electron chi connectivity index (χ2n) is 6.69. The molecule has 0 aliphatic carbocycles. The molecule has 1 N–H and O–H groups in total. The van der Waals surface area contributed by atoms with E-state index in [9.17, 15) is 9.18 Å². The molecule has 4 rings (SSSR count). The van der Waals surface area contributed by atoms with E-state index in [1.54, 1.807) is 42.6 Å². The molecule has 3 aromatic carbocycles. The topological polar surface area (TPSA) is 51.2 Å². The summed E-state index contributed by atoms with van der Waals surface area (Å²) in [7, 11) is 0. The largest absolute Gasteiger partial charge is 0.489 e. The Kier molecular flexibility index (Phi) is 6.15. The quantitative estimate of drug-likeness (QED) is 0.419. The van der Waals surface area contributed by atoms with Crippen LogP contribution in [0.3, 0.4) is 0 Å². The number of hydrogen-bond acceptors (Lipinski definition) is 4. The van der Waals surface area contributed by atoms with E-state index >= 15 is 0 Å². The first kappa shape index (κ1) is 19.8. The predicted octanol–water partition coefficient (Wildman–Crippen LogP) is 5.70. The number of thiazole rings is 1. The van der Waals surface area contributed by atoms with E-state index in [1.165, 1.54) is 23.5 Å². The molecule has 4 aromatic rings. The number of carbonyl (C=O) groups is 1. The van der Waals surface area contributed by atoms with Gasteiger partial charge in [-0.1, -0.05) is 42.5 Å². The van der Waals surface area contributed by atoms with Gasteiger partial charge < -0.3 is 4.74 Å². The molecule has 0 saturated heterocycles. The number of ether oxygens (including phenoxy) is 1. The zero-order valence-corrected chi connectivity index (χ0v) is 16.9. The number of hydrogen-bond donors (Lipinski definition) is 1. The molecular formula is C24H19FN2O2S. The Labute approximate surface area is 178 Å². The predicted molar refractivity (Wildman–Crippen MR) is 116 cm³/mol. The molecular weight excluding hydrogens is 399 g/mol. The summed E-state index contributed by atoms with van der Waals surface area (Å²) >= 11 is 1.40. The summed E-state index contributed by atoms with van der Waals surface area (Å²) in [5, 5.41) is 3.35. The molecule has 4 nitrogen and oxygen atoms in total. The van der Waals surface area contributed by atoms with Gasteiger partial charge in [0.15, 0.2) is 5.13 Å². The third-order valence-electron chi connectivity index (χ3n) is 4.43. The van der Waals surface area contributed by atoms with E-state index in [2.05, 4.69) is 10.3 Å². The maximum absolute atomic E-state index is 13.0. The van der Waals surface area contributed by atoms with E-state index < -0.39 is 0 Å². The molecule has 1 aromatic heterocycles. The average Bonchev–Trinajstić information content (AvgIpc) is 3.21. The number of anilines is 1. The number of halogens is 1. The van der Waals surface area contributed by atoms with Crippen molar-refractivity contribution in [1.82, 2.24) is 4.98 Å². The van der Waals surface area contributed by atoms with Crippen LogP contribution >= 0.6 is 11.3 Å². The molecule has 0 aliphatic rings. The van der Waals surface area contributed by atoms with Gasteiger partial charge in [0.1, 0.15) is 18.2 Å². The third kappa shape index (κ3) is 5.30. The van der Waals surface area contributed by atoms with Gasteiger partial charge in [-0.25, -0.2) is 9.37 Å². The molecule has 1 heterocycles. The Hall–Kier alpha value is -3.51. The van der Waals surface area contributed by atoms with E-state index in [-0.39, 0.29) is 11.7 Å². The minimum absolute atomic E-state index is 0.229. The van der Waals surface area contributed by atoms with Gasteiger partial charge in [0.05, 0.1) is 0 Å². The first-order valence-electron chi connectivity index (χ1n) is 9.43. The molecule has 0 aliphatic heterocycles. The minimum atomic E-state index is -0.257. The fourth-order valence-corrected chi connectivity index (χ4v) is 3.70. The van der Waals surface area contributed by atoms with Crippen molar-refractivity contribution in [3.05, 3.63) is 112 Å². The highest BCUT2D eigenvalue weighted by molar-refractivity contribution is 7.15. The van der Waals surface area contributed by atoms with Gasteiger partial charge >= 0.3 is 0 Å². The Morgan fingerprint density at radius 3 is 2.40 bits per heavy atom. The highest BCUT2D eigenvalue weighted by Crippen LogP contribution is 2.22. The van der Waals surface area contributed by atoms with Crippen LogP contribution in [0.4, 0.5) is 9.52 Å². The summed E-state index contributed by atoms with van der Waals surface area (Å²) in [5.74, 6) is 0.214. The number of carbonyl (C=O) groups excluding carboxylic acids is 1. The summed E-state index contributed by atoms with van der Waals surface area (Å²) in [5.41, 5.74) is 2.60. The Morgan fingerprint density at radius 1 is 0.933 bits per heavy atom. The van der Waals surface area contributed by atoms with Crippen molar-refractivity contribution in [1.29, 1.82) is 0 Å². The van der Waals surface area contributed by atoms with Crippen LogP contribution in [0.25, 0.3) is 0 Å². The van der Waals surface area contributed by atoms with Crippen molar-refractivity contribution in [2.75, 3.05) is 5.32 Å². The van der Waals surface area contributed by atoms with Crippen molar-refractivity contribution < 1.29 is 13.9 Å². The molecule has 150 valence electrons. The molecule has 0 radical (unpaired) electrons. The lowest BCUT2D eigenvalue weighted by Gasteiger charge is -2.07. The Bertz CT molecular complexity index is 1110. The lowest BCUT2D eigenvalue weighted by Crippen LogP contribution is -2.11. The lowest BCUT2D eigenvalue weighted by molar-refractivity contribution is 0.102. The molecule has 0 atom stereocenters. The van der Waals surface area contributed by atoms with Crippen molar-refractivity contribution in [2.45, 2.75) is 13.0 Å². The molecule has 0 saturated carbocycles. The first-order chi connectivity index (χ1) is 14.7. The number of aromatic nitrogens is 1. The standard InChI is InChI=1S/C24H19FN2O2S/c25-20-10-6-17(7-11-20)14-22-15-26-24(30-22)27-23(28)19-8-12-21(13-9-19)29-16-18-4-2-1-3-5-18/h1-13,15H,14,16H2,(H,26,27,28). The highest BCUT2D eigenvalue weighted by Gasteiger charge is 2.10. The van der Waals surface area contributed by atoms with Crippen LogP contribution in [0.5, 0.6) is 5.75 Å². The third-order valence-corrected chi connectivity index (χ3v) is 5.34. The van der Waals surface area contributed by atoms with Gasteiger partial charge in [-0.3, -0.25) is 10.1 Å². The zero-order chi connectivity index (χ0) is 20.8. The molecule has 30 heavy (non-hydrogen) atoms. The lowest BCUT2D eigenvalue weighted by atomic mass is 10.1. The van der Waals surface area contributed by atoms with Crippen molar-refractivity contribution in [2.24, 2.45) is 0 Å². The number of nitrogens with zero attached hydrogens (tertiary/aromatic N) is 1. The van der Waals surface area contributed by atoms with Crippen LogP contribution < -0.4 is 10.1 Å². The second kappa shape index (κ2) is 9.33. The number of benzene rings is 3. The normalized spacial score (nSPS) is 10.6. The van der Waals surface area contributed by atoms with Crippen LogP contribution in [0.15, 0.2) is 85.1 Å².